The number of aryl methyl sites for hydroxylation is 1. The van der Waals surface area contributed by atoms with E-state index in [2.05, 4.69) is 36.9 Å². The van der Waals surface area contributed by atoms with Gasteiger partial charge in [-0.3, -0.25) is 4.98 Å². The van der Waals surface area contributed by atoms with E-state index < -0.39 is 0 Å². The van der Waals surface area contributed by atoms with Crippen molar-refractivity contribution in [2.75, 3.05) is 36.0 Å². The lowest BCUT2D eigenvalue weighted by Gasteiger charge is -2.41. The van der Waals surface area contributed by atoms with E-state index in [1.807, 2.05) is 6.92 Å². The van der Waals surface area contributed by atoms with Gasteiger partial charge >= 0.3 is 0 Å². The minimum atomic E-state index is -0.266. The Morgan fingerprint density at radius 2 is 1.83 bits per heavy atom. The third kappa shape index (κ3) is 3.32. The monoisotopic (exact) mass is 402 g/mol. The molecule has 2 aromatic heterocycles. The number of pyridine rings is 1. The summed E-state index contributed by atoms with van der Waals surface area (Å²) >= 11 is 0. The zero-order chi connectivity index (χ0) is 20.7. The summed E-state index contributed by atoms with van der Waals surface area (Å²) in [4.78, 5) is 18.4. The van der Waals surface area contributed by atoms with Crippen LogP contribution < -0.4 is 9.80 Å². The van der Waals surface area contributed by atoms with E-state index in [1.54, 1.807) is 18.5 Å². The highest BCUT2D eigenvalue weighted by molar-refractivity contribution is 5.84. The quantitative estimate of drug-likeness (QED) is 0.663. The molecule has 3 aromatic rings. The van der Waals surface area contributed by atoms with Gasteiger partial charge in [-0.25, -0.2) is 14.4 Å². The molecular formula is C23H23FN6. The normalized spacial score (nSPS) is 17.8. The summed E-state index contributed by atoms with van der Waals surface area (Å²) in [6.45, 7) is 5.35. The molecule has 0 amide bonds. The highest BCUT2D eigenvalue weighted by atomic mass is 19.1. The van der Waals surface area contributed by atoms with Gasteiger partial charge in [-0.05, 0) is 43.5 Å². The molecule has 2 saturated heterocycles. The van der Waals surface area contributed by atoms with Crippen LogP contribution in [0.4, 0.5) is 16.0 Å². The molecule has 0 radical (unpaired) electrons. The number of aromatic nitrogens is 3. The van der Waals surface area contributed by atoms with Crippen molar-refractivity contribution in [1.82, 2.24) is 15.0 Å². The molecule has 1 aromatic carbocycles. The molecule has 30 heavy (non-hydrogen) atoms. The molecule has 0 spiro atoms. The van der Waals surface area contributed by atoms with Crippen molar-refractivity contribution < 1.29 is 4.39 Å². The molecule has 0 unspecified atom stereocenters. The highest BCUT2D eigenvalue weighted by Gasteiger charge is 2.34. The van der Waals surface area contributed by atoms with Crippen LogP contribution in [0.3, 0.4) is 0 Å². The largest absolute Gasteiger partial charge is 0.355 e. The summed E-state index contributed by atoms with van der Waals surface area (Å²) in [7, 11) is 0. The van der Waals surface area contributed by atoms with Crippen LogP contribution in [0, 0.1) is 30.0 Å². The Bertz CT molecular complexity index is 1130. The van der Waals surface area contributed by atoms with E-state index in [0.29, 0.717) is 5.52 Å². The molecule has 0 saturated carbocycles. The van der Waals surface area contributed by atoms with Gasteiger partial charge in [0.15, 0.2) is 5.82 Å². The molecule has 2 fully saturated rings. The summed E-state index contributed by atoms with van der Waals surface area (Å²) in [6.07, 6.45) is 5.25. The maximum atomic E-state index is 13.7. The number of benzene rings is 1. The Hall–Kier alpha value is -3.27. The summed E-state index contributed by atoms with van der Waals surface area (Å²) in [5.41, 5.74) is 2.81. The van der Waals surface area contributed by atoms with E-state index in [9.17, 15) is 4.39 Å². The average Bonchev–Trinajstić information content (AvgIpc) is 2.73. The van der Waals surface area contributed by atoms with Crippen molar-refractivity contribution in [3.8, 4) is 6.07 Å². The van der Waals surface area contributed by atoms with Crippen LogP contribution in [0.5, 0.6) is 0 Å². The fraction of sp³-hybridized carbons (Fsp3) is 0.391. The maximum Gasteiger partial charge on any atom is 0.150 e. The zero-order valence-electron chi connectivity index (χ0n) is 16.9. The van der Waals surface area contributed by atoms with Crippen molar-refractivity contribution in [3.05, 3.63) is 53.7 Å². The Morgan fingerprint density at radius 1 is 1.07 bits per heavy atom. The molecular weight excluding hydrogens is 379 g/mol. The van der Waals surface area contributed by atoms with Gasteiger partial charge in [0, 0.05) is 61.9 Å². The van der Waals surface area contributed by atoms with Crippen LogP contribution >= 0.6 is 0 Å². The third-order valence-corrected chi connectivity index (χ3v) is 6.24. The lowest BCUT2D eigenvalue weighted by Crippen LogP contribution is -2.47. The molecule has 5 rings (SSSR count). The van der Waals surface area contributed by atoms with Gasteiger partial charge in [0.1, 0.15) is 11.6 Å². The molecule has 7 heteroatoms. The third-order valence-electron chi connectivity index (χ3n) is 6.24. The number of nitrogens with zero attached hydrogens (tertiary/aromatic N) is 6. The number of anilines is 2. The van der Waals surface area contributed by atoms with Gasteiger partial charge in [-0.1, -0.05) is 0 Å². The van der Waals surface area contributed by atoms with Crippen molar-refractivity contribution >= 4 is 22.5 Å². The molecule has 2 aliphatic heterocycles. The lowest BCUT2D eigenvalue weighted by molar-refractivity contribution is 0.473. The summed E-state index contributed by atoms with van der Waals surface area (Å²) < 4.78 is 13.7. The number of halogens is 1. The second-order valence-electron chi connectivity index (χ2n) is 8.22. The Balaban J connectivity index is 1.34. The second-order valence-corrected chi connectivity index (χ2v) is 8.22. The predicted molar refractivity (Wildman–Crippen MR) is 114 cm³/mol. The first-order valence-corrected chi connectivity index (χ1v) is 10.4. The Labute approximate surface area is 175 Å². The predicted octanol–water partition coefficient (Wildman–Crippen LogP) is 3.82. The fourth-order valence-electron chi connectivity index (χ4n) is 4.45. The van der Waals surface area contributed by atoms with Crippen LogP contribution in [0.2, 0.25) is 0 Å². The number of piperidine rings is 1. The Morgan fingerprint density at radius 3 is 2.60 bits per heavy atom. The molecule has 0 bridgehead atoms. The Kier molecular flexibility index (Phi) is 4.70. The van der Waals surface area contributed by atoms with Crippen LogP contribution in [0.1, 0.15) is 30.0 Å². The summed E-state index contributed by atoms with van der Waals surface area (Å²) in [5.74, 6) is 1.99. The van der Waals surface area contributed by atoms with E-state index >= 15 is 0 Å². The fourth-order valence-corrected chi connectivity index (χ4v) is 4.45. The smallest absolute Gasteiger partial charge is 0.150 e. The van der Waals surface area contributed by atoms with Gasteiger partial charge in [0.2, 0.25) is 0 Å². The standard InChI is InChI=1S/C23H23FN6/c1-15-10-21(28-20-11-18(24)2-3-19(15)20)30-13-17(14-30)22-23(27-7-6-26-22)29-8-4-16(12-25)5-9-29/h2-3,6-7,10-11,16-17H,4-5,8-9,13-14H2,1H3. The minimum Gasteiger partial charge on any atom is -0.355 e. The van der Waals surface area contributed by atoms with Crippen LogP contribution in [-0.4, -0.2) is 41.1 Å². The SMILES string of the molecule is Cc1cc(N2CC(c3nccnc3N3CCC(C#N)CC3)C2)nc2cc(F)ccc12. The second kappa shape index (κ2) is 7.52. The molecule has 4 heterocycles. The van der Waals surface area contributed by atoms with Crippen molar-refractivity contribution in [1.29, 1.82) is 5.26 Å². The van der Waals surface area contributed by atoms with Gasteiger partial charge in [0.05, 0.1) is 17.3 Å². The van der Waals surface area contributed by atoms with E-state index in [1.165, 1.54) is 12.1 Å². The number of rotatable bonds is 3. The molecule has 0 atom stereocenters. The molecule has 152 valence electrons. The highest BCUT2D eigenvalue weighted by Crippen LogP contribution is 2.36. The molecule has 2 aliphatic rings. The van der Waals surface area contributed by atoms with Gasteiger partial charge in [-0.15, -0.1) is 0 Å². The average molecular weight is 402 g/mol. The summed E-state index contributed by atoms with van der Waals surface area (Å²) in [6, 6.07) is 9.21. The van der Waals surface area contributed by atoms with Crippen LogP contribution in [-0.2, 0) is 0 Å². The van der Waals surface area contributed by atoms with E-state index in [0.717, 1.165) is 67.3 Å². The van der Waals surface area contributed by atoms with Crippen molar-refractivity contribution in [3.63, 3.8) is 0 Å². The molecule has 0 N–H and O–H groups in total. The van der Waals surface area contributed by atoms with Crippen molar-refractivity contribution in [2.24, 2.45) is 5.92 Å². The van der Waals surface area contributed by atoms with Crippen LogP contribution in [0.25, 0.3) is 10.9 Å². The minimum absolute atomic E-state index is 0.146. The van der Waals surface area contributed by atoms with Crippen molar-refractivity contribution in [2.45, 2.75) is 25.7 Å². The topological polar surface area (TPSA) is 68.9 Å². The van der Waals surface area contributed by atoms with Crippen LogP contribution in [0.15, 0.2) is 36.7 Å². The molecule has 6 nitrogen and oxygen atoms in total. The number of fused-ring (bicyclic) bond motifs is 1. The number of nitriles is 1. The molecule has 0 aliphatic carbocycles. The lowest BCUT2D eigenvalue weighted by atomic mass is 9.93. The van der Waals surface area contributed by atoms with E-state index in [-0.39, 0.29) is 17.7 Å². The van der Waals surface area contributed by atoms with Gasteiger partial charge in [0.25, 0.3) is 0 Å². The first-order valence-electron chi connectivity index (χ1n) is 10.4. The summed E-state index contributed by atoms with van der Waals surface area (Å²) in [5, 5.41) is 10.1. The number of hydrogen-bond acceptors (Lipinski definition) is 6. The number of hydrogen-bond donors (Lipinski definition) is 0. The van der Waals surface area contributed by atoms with E-state index in [4.69, 9.17) is 5.26 Å². The zero-order valence-corrected chi connectivity index (χ0v) is 16.9. The maximum absolute atomic E-state index is 13.7. The van der Waals surface area contributed by atoms with Gasteiger partial charge < -0.3 is 9.80 Å². The van der Waals surface area contributed by atoms with Gasteiger partial charge in [-0.2, -0.15) is 5.26 Å². The first kappa shape index (κ1) is 18.7. The first-order chi connectivity index (χ1) is 14.6.